The van der Waals surface area contributed by atoms with Crippen LogP contribution in [0.25, 0.3) is 0 Å². The molecule has 1 unspecified atom stereocenters. The van der Waals surface area contributed by atoms with Crippen LogP contribution >= 0.6 is 27.5 Å². The first-order chi connectivity index (χ1) is 9.80. The third kappa shape index (κ3) is 3.79. The molecule has 0 aromatic heterocycles. The van der Waals surface area contributed by atoms with Crippen molar-refractivity contribution < 1.29 is 9.84 Å². The molecule has 0 saturated carbocycles. The second kappa shape index (κ2) is 6.39. The zero-order valence-corrected chi connectivity index (χ0v) is 14.6. The maximum absolute atomic E-state index is 10.9. The Hall–Kier alpha value is -1.03. The molecule has 0 aliphatic rings. The Morgan fingerprint density at radius 2 is 1.76 bits per heavy atom. The molecule has 4 heteroatoms. The number of halogens is 2. The second-order valence-electron chi connectivity index (χ2n) is 5.39. The highest BCUT2D eigenvalue weighted by atomic mass is 79.9. The van der Waals surface area contributed by atoms with Gasteiger partial charge in [-0.2, -0.15) is 0 Å². The van der Waals surface area contributed by atoms with Crippen molar-refractivity contribution in [2.24, 2.45) is 0 Å². The first-order valence-corrected chi connectivity index (χ1v) is 7.93. The molecule has 0 amide bonds. The molecule has 2 nitrogen and oxygen atoms in total. The molecular weight excluding hydrogens is 352 g/mol. The van der Waals surface area contributed by atoms with E-state index in [1.165, 1.54) is 0 Å². The van der Waals surface area contributed by atoms with Gasteiger partial charge in [0.2, 0.25) is 0 Å². The summed E-state index contributed by atoms with van der Waals surface area (Å²) >= 11 is 9.62. The fraction of sp³-hybridized carbons (Fsp3) is 0.294. The van der Waals surface area contributed by atoms with Gasteiger partial charge in [-0.3, -0.25) is 0 Å². The average Bonchev–Trinajstić information content (AvgIpc) is 2.38. The van der Waals surface area contributed by atoms with Crippen molar-refractivity contribution in [1.82, 2.24) is 0 Å². The second-order valence-corrected chi connectivity index (χ2v) is 6.71. The molecule has 0 heterocycles. The maximum atomic E-state index is 10.9. The van der Waals surface area contributed by atoms with Gasteiger partial charge in [-0.1, -0.05) is 45.7 Å². The number of benzene rings is 2. The van der Waals surface area contributed by atoms with E-state index in [1.807, 2.05) is 50.2 Å². The van der Waals surface area contributed by atoms with E-state index in [4.69, 9.17) is 16.3 Å². The Kier molecular flexibility index (Phi) is 4.97. The summed E-state index contributed by atoms with van der Waals surface area (Å²) in [7, 11) is 0. The summed E-state index contributed by atoms with van der Waals surface area (Å²) in [5.74, 6) is 0.784. The number of hydrogen-bond acceptors (Lipinski definition) is 2. The van der Waals surface area contributed by atoms with E-state index in [2.05, 4.69) is 15.9 Å². The molecule has 0 aliphatic carbocycles. The SMILES string of the molecule is CC(C)Oc1ccc(C(C)(O)c2ccc(Br)cc2Cl)cc1. The molecule has 0 fully saturated rings. The molecule has 2 aromatic rings. The summed E-state index contributed by atoms with van der Waals surface area (Å²) in [5, 5.41) is 11.4. The van der Waals surface area contributed by atoms with Crippen molar-refractivity contribution in [2.75, 3.05) is 0 Å². The average molecular weight is 370 g/mol. The van der Waals surface area contributed by atoms with E-state index >= 15 is 0 Å². The first-order valence-electron chi connectivity index (χ1n) is 6.76. The molecule has 0 aliphatic heterocycles. The van der Waals surface area contributed by atoms with Gasteiger partial charge in [0.1, 0.15) is 11.4 Å². The molecule has 2 aromatic carbocycles. The molecule has 0 spiro atoms. The van der Waals surface area contributed by atoms with E-state index < -0.39 is 5.60 Å². The van der Waals surface area contributed by atoms with Crippen LogP contribution in [0.3, 0.4) is 0 Å². The van der Waals surface area contributed by atoms with Crippen molar-refractivity contribution >= 4 is 27.5 Å². The number of rotatable bonds is 4. The van der Waals surface area contributed by atoms with Crippen LogP contribution in [-0.2, 0) is 5.60 Å². The molecular formula is C17H18BrClO2. The van der Waals surface area contributed by atoms with Gasteiger partial charge in [0.15, 0.2) is 0 Å². The summed E-state index contributed by atoms with van der Waals surface area (Å²) in [6, 6.07) is 12.9. The summed E-state index contributed by atoms with van der Waals surface area (Å²) < 4.78 is 6.50. The zero-order chi connectivity index (χ0) is 15.6. The van der Waals surface area contributed by atoms with Crippen LogP contribution in [0.2, 0.25) is 5.02 Å². The summed E-state index contributed by atoms with van der Waals surface area (Å²) in [5.41, 5.74) is 0.279. The van der Waals surface area contributed by atoms with E-state index in [-0.39, 0.29) is 6.10 Å². The normalized spacial score (nSPS) is 14.0. The Bertz CT molecular complexity index is 621. The molecule has 0 radical (unpaired) electrons. The highest BCUT2D eigenvalue weighted by Crippen LogP contribution is 2.35. The zero-order valence-electron chi connectivity index (χ0n) is 12.2. The maximum Gasteiger partial charge on any atom is 0.119 e. The molecule has 1 N–H and O–H groups in total. The first kappa shape index (κ1) is 16.3. The Balaban J connectivity index is 2.34. The van der Waals surface area contributed by atoms with Crippen molar-refractivity contribution in [3.05, 3.63) is 63.1 Å². The Morgan fingerprint density at radius 1 is 1.14 bits per heavy atom. The van der Waals surface area contributed by atoms with Crippen LogP contribution in [-0.4, -0.2) is 11.2 Å². The largest absolute Gasteiger partial charge is 0.491 e. The lowest BCUT2D eigenvalue weighted by Gasteiger charge is -2.26. The highest BCUT2D eigenvalue weighted by Gasteiger charge is 2.28. The molecule has 0 bridgehead atoms. The minimum Gasteiger partial charge on any atom is -0.491 e. The topological polar surface area (TPSA) is 29.5 Å². The standard InChI is InChI=1S/C17H18BrClO2/c1-11(2)21-14-7-4-12(5-8-14)17(3,20)15-9-6-13(18)10-16(15)19/h4-11,20H,1-3H3. The van der Waals surface area contributed by atoms with Crippen LogP contribution in [0, 0.1) is 0 Å². The molecule has 21 heavy (non-hydrogen) atoms. The van der Waals surface area contributed by atoms with Gasteiger partial charge in [0.25, 0.3) is 0 Å². The molecule has 1 atom stereocenters. The Morgan fingerprint density at radius 3 is 2.29 bits per heavy atom. The lowest BCUT2D eigenvalue weighted by Crippen LogP contribution is -2.23. The van der Waals surface area contributed by atoms with E-state index in [0.29, 0.717) is 10.6 Å². The lowest BCUT2D eigenvalue weighted by molar-refractivity contribution is 0.102. The van der Waals surface area contributed by atoms with Gasteiger partial charge in [-0.25, -0.2) is 0 Å². The third-order valence-electron chi connectivity index (χ3n) is 3.24. The number of ether oxygens (including phenoxy) is 1. The van der Waals surface area contributed by atoms with Crippen molar-refractivity contribution in [3.63, 3.8) is 0 Å². The van der Waals surface area contributed by atoms with Gasteiger partial charge in [0.05, 0.1) is 6.10 Å². The van der Waals surface area contributed by atoms with Crippen molar-refractivity contribution in [2.45, 2.75) is 32.5 Å². The van der Waals surface area contributed by atoms with Crippen LogP contribution < -0.4 is 4.74 Å². The van der Waals surface area contributed by atoms with Gasteiger partial charge < -0.3 is 9.84 Å². The van der Waals surface area contributed by atoms with Crippen LogP contribution in [0.1, 0.15) is 31.9 Å². The number of aliphatic hydroxyl groups is 1. The minimum atomic E-state index is -1.16. The van der Waals surface area contributed by atoms with Crippen LogP contribution in [0.5, 0.6) is 5.75 Å². The van der Waals surface area contributed by atoms with E-state index in [1.54, 1.807) is 13.0 Å². The highest BCUT2D eigenvalue weighted by molar-refractivity contribution is 9.10. The molecule has 112 valence electrons. The van der Waals surface area contributed by atoms with Crippen LogP contribution in [0.4, 0.5) is 0 Å². The molecule has 2 rings (SSSR count). The van der Waals surface area contributed by atoms with E-state index in [9.17, 15) is 5.11 Å². The van der Waals surface area contributed by atoms with Crippen molar-refractivity contribution in [3.8, 4) is 5.75 Å². The summed E-state index contributed by atoms with van der Waals surface area (Å²) in [6.07, 6.45) is 0.122. The predicted molar refractivity (Wildman–Crippen MR) is 90.0 cm³/mol. The van der Waals surface area contributed by atoms with E-state index in [0.717, 1.165) is 15.8 Å². The lowest BCUT2D eigenvalue weighted by atomic mass is 9.88. The minimum absolute atomic E-state index is 0.122. The Labute approximate surface area is 138 Å². The smallest absolute Gasteiger partial charge is 0.119 e. The van der Waals surface area contributed by atoms with Crippen LogP contribution in [0.15, 0.2) is 46.9 Å². The van der Waals surface area contributed by atoms with Gasteiger partial charge in [-0.05, 0) is 50.6 Å². The fourth-order valence-corrected chi connectivity index (χ4v) is 3.03. The van der Waals surface area contributed by atoms with Gasteiger partial charge in [0, 0.05) is 15.1 Å². The number of hydrogen-bond donors (Lipinski definition) is 1. The predicted octanol–water partition coefficient (Wildman–Crippen LogP) is 5.15. The fourth-order valence-electron chi connectivity index (χ4n) is 2.17. The van der Waals surface area contributed by atoms with Gasteiger partial charge in [-0.15, -0.1) is 0 Å². The summed E-state index contributed by atoms with van der Waals surface area (Å²) in [6.45, 7) is 5.69. The van der Waals surface area contributed by atoms with Gasteiger partial charge >= 0.3 is 0 Å². The third-order valence-corrected chi connectivity index (χ3v) is 4.05. The molecule has 0 saturated heterocycles. The monoisotopic (exact) mass is 368 g/mol. The summed E-state index contributed by atoms with van der Waals surface area (Å²) in [4.78, 5) is 0. The van der Waals surface area contributed by atoms with Crippen molar-refractivity contribution in [1.29, 1.82) is 0 Å². The quantitative estimate of drug-likeness (QED) is 0.808.